The average molecular weight is 355 g/mol. The number of carbonyl (C=O) groups is 1. The van der Waals surface area contributed by atoms with E-state index in [4.69, 9.17) is 11.6 Å². The normalized spacial score (nSPS) is 14.0. The van der Waals surface area contributed by atoms with E-state index in [0.717, 1.165) is 34.5 Å². The van der Waals surface area contributed by atoms with E-state index in [2.05, 4.69) is 15.4 Å². The van der Waals surface area contributed by atoms with Crippen LogP contribution in [0.15, 0.2) is 30.5 Å². The van der Waals surface area contributed by atoms with Gasteiger partial charge in [0.05, 0.1) is 21.7 Å². The van der Waals surface area contributed by atoms with Crippen molar-refractivity contribution in [2.45, 2.75) is 33.2 Å². The van der Waals surface area contributed by atoms with E-state index in [1.54, 1.807) is 6.20 Å². The quantitative estimate of drug-likeness (QED) is 0.757. The summed E-state index contributed by atoms with van der Waals surface area (Å²) in [6, 6.07) is 7.63. The van der Waals surface area contributed by atoms with E-state index in [1.165, 1.54) is 12.8 Å². The van der Waals surface area contributed by atoms with Crippen LogP contribution >= 0.6 is 11.6 Å². The smallest absolute Gasteiger partial charge is 0.258 e. The van der Waals surface area contributed by atoms with Crippen LogP contribution in [0.2, 0.25) is 5.02 Å². The van der Waals surface area contributed by atoms with Crippen molar-refractivity contribution < 1.29 is 4.79 Å². The Kier molecular flexibility index (Phi) is 3.96. The van der Waals surface area contributed by atoms with Crippen molar-refractivity contribution in [2.75, 3.05) is 5.32 Å². The van der Waals surface area contributed by atoms with Gasteiger partial charge >= 0.3 is 0 Å². The summed E-state index contributed by atoms with van der Waals surface area (Å²) in [6.07, 6.45) is 4.02. The number of fused-ring (bicyclic) bond motifs is 1. The minimum atomic E-state index is -0.266. The molecule has 0 bridgehead atoms. The van der Waals surface area contributed by atoms with Gasteiger partial charge in [-0.05, 0) is 44.7 Å². The molecule has 2 aromatic heterocycles. The van der Waals surface area contributed by atoms with Gasteiger partial charge in [-0.3, -0.25) is 4.79 Å². The Hall–Kier alpha value is -2.40. The van der Waals surface area contributed by atoms with Crippen LogP contribution in [0.25, 0.3) is 11.0 Å². The molecule has 0 saturated heterocycles. The number of rotatable bonds is 4. The van der Waals surface area contributed by atoms with Gasteiger partial charge in [0.25, 0.3) is 5.91 Å². The number of pyridine rings is 1. The second kappa shape index (κ2) is 6.15. The van der Waals surface area contributed by atoms with Crippen molar-refractivity contribution >= 4 is 34.2 Å². The molecule has 5 nitrogen and oxygen atoms in total. The summed E-state index contributed by atoms with van der Waals surface area (Å²) in [7, 11) is 0. The SMILES string of the molecule is Cc1ccc(NC(=O)c2cnc3c(c(C)nn3CC3CC3)c2Cl)cc1. The second-order valence-corrected chi connectivity index (χ2v) is 7.09. The Morgan fingerprint density at radius 3 is 2.68 bits per heavy atom. The molecule has 0 aliphatic heterocycles. The lowest BCUT2D eigenvalue weighted by molar-refractivity contribution is 0.102. The molecule has 1 N–H and O–H groups in total. The Balaban J connectivity index is 1.67. The number of aryl methyl sites for hydroxylation is 2. The third-order valence-electron chi connectivity index (χ3n) is 4.55. The molecule has 0 atom stereocenters. The fraction of sp³-hybridized carbons (Fsp3) is 0.316. The number of nitrogens with zero attached hydrogens (tertiary/aromatic N) is 3. The van der Waals surface area contributed by atoms with E-state index in [0.29, 0.717) is 16.5 Å². The van der Waals surface area contributed by atoms with E-state index >= 15 is 0 Å². The maximum atomic E-state index is 12.6. The molecule has 6 heteroatoms. The first-order chi connectivity index (χ1) is 12.0. The monoisotopic (exact) mass is 354 g/mol. The molecule has 2 heterocycles. The highest BCUT2D eigenvalue weighted by Gasteiger charge is 2.25. The van der Waals surface area contributed by atoms with Crippen LogP contribution in [-0.2, 0) is 6.54 Å². The van der Waals surface area contributed by atoms with E-state index in [1.807, 2.05) is 42.8 Å². The molecule has 0 radical (unpaired) electrons. The molecule has 0 unspecified atom stereocenters. The standard InChI is InChI=1S/C19H19ClN4O/c1-11-3-7-14(8-4-11)22-19(25)15-9-21-18-16(17(15)20)12(2)23-24(18)10-13-5-6-13/h3-4,7-9,13H,5-6,10H2,1-2H3,(H,22,25). The molecular formula is C19H19ClN4O. The van der Waals surface area contributed by atoms with Crippen LogP contribution in [0.5, 0.6) is 0 Å². The van der Waals surface area contributed by atoms with Crippen molar-refractivity contribution in [3.63, 3.8) is 0 Å². The molecule has 4 rings (SSSR count). The van der Waals surface area contributed by atoms with Crippen molar-refractivity contribution in [2.24, 2.45) is 5.92 Å². The highest BCUT2D eigenvalue weighted by atomic mass is 35.5. The first-order valence-corrected chi connectivity index (χ1v) is 8.80. The number of anilines is 1. The van der Waals surface area contributed by atoms with E-state index < -0.39 is 0 Å². The number of halogens is 1. The predicted molar refractivity (Wildman–Crippen MR) is 99.1 cm³/mol. The third-order valence-corrected chi connectivity index (χ3v) is 4.95. The Labute approximate surface area is 151 Å². The minimum Gasteiger partial charge on any atom is -0.322 e. The molecule has 25 heavy (non-hydrogen) atoms. The zero-order chi connectivity index (χ0) is 17.6. The third kappa shape index (κ3) is 3.12. The van der Waals surface area contributed by atoms with Gasteiger partial charge in [-0.1, -0.05) is 29.3 Å². The fourth-order valence-corrected chi connectivity index (χ4v) is 3.30. The van der Waals surface area contributed by atoms with Gasteiger partial charge in [-0.25, -0.2) is 9.67 Å². The molecule has 3 aromatic rings. The highest BCUT2D eigenvalue weighted by Crippen LogP contribution is 2.34. The summed E-state index contributed by atoms with van der Waals surface area (Å²) in [5, 5.41) is 8.61. The number of hydrogen-bond donors (Lipinski definition) is 1. The van der Waals surface area contributed by atoms with Crippen molar-refractivity contribution in [3.05, 3.63) is 52.3 Å². The fourth-order valence-electron chi connectivity index (χ4n) is 2.94. The van der Waals surface area contributed by atoms with Crippen molar-refractivity contribution in [1.29, 1.82) is 0 Å². The Morgan fingerprint density at radius 2 is 2.00 bits per heavy atom. The number of amides is 1. The van der Waals surface area contributed by atoms with E-state index in [9.17, 15) is 4.79 Å². The van der Waals surface area contributed by atoms with Gasteiger partial charge in [-0.2, -0.15) is 5.10 Å². The van der Waals surface area contributed by atoms with Gasteiger partial charge in [0.1, 0.15) is 0 Å². The van der Waals surface area contributed by atoms with Gasteiger partial charge in [-0.15, -0.1) is 0 Å². The van der Waals surface area contributed by atoms with Gasteiger partial charge in [0.15, 0.2) is 5.65 Å². The molecule has 1 amide bonds. The molecule has 128 valence electrons. The van der Waals surface area contributed by atoms with Crippen molar-refractivity contribution in [3.8, 4) is 0 Å². The lowest BCUT2D eigenvalue weighted by Crippen LogP contribution is -2.13. The van der Waals surface area contributed by atoms with Crippen LogP contribution in [0.1, 0.15) is 34.5 Å². The number of nitrogens with one attached hydrogen (secondary N) is 1. The average Bonchev–Trinajstić information content (AvgIpc) is 3.33. The molecule has 1 aromatic carbocycles. The molecule has 0 spiro atoms. The molecular weight excluding hydrogens is 336 g/mol. The first kappa shape index (κ1) is 16.1. The number of carbonyl (C=O) groups excluding carboxylic acids is 1. The molecule has 1 aliphatic rings. The van der Waals surface area contributed by atoms with Crippen LogP contribution in [-0.4, -0.2) is 20.7 Å². The van der Waals surface area contributed by atoms with Crippen LogP contribution in [0.3, 0.4) is 0 Å². The maximum Gasteiger partial charge on any atom is 0.258 e. The number of aromatic nitrogens is 3. The van der Waals surface area contributed by atoms with Gasteiger partial charge in [0, 0.05) is 18.4 Å². The van der Waals surface area contributed by atoms with Crippen LogP contribution in [0, 0.1) is 19.8 Å². The van der Waals surface area contributed by atoms with Crippen molar-refractivity contribution in [1.82, 2.24) is 14.8 Å². The van der Waals surface area contributed by atoms with Gasteiger partial charge in [0.2, 0.25) is 0 Å². The summed E-state index contributed by atoms with van der Waals surface area (Å²) in [5.41, 5.74) is 3.79. The van der Waals surface area contributed by atoms with Gasteiger partial charge < -0.3 is 5.32 Å². The molecule has 1 fully saturated rings. The molecule has 1 saturated carbocycles. The second-order valence-electron chi connectivity index (χ2n) is 6.72. The number of benzene rings is 1. The topological polar surface area (TPSA) is 59.8 Å². The number of hydrogen-bond acceptors (Lipinski definition) is 3. The lowest BCUT2D eigenvalue weighted by atomic mass is 10.2. The predicted octanol–water partition coefficient (Wildman–Crippen LogP) is 4.36. The maximum absolute atomic E-state index is 12.6. The molecule has 1 aliphatic carbocycles. The summed E-state index contributed by atoms with van der Waals surface area (Å²) in [5.74, 6) is 0.421. The Bertz CT molecular complexity index is 958. The van der Waals surface area contributed by atoms with Crippen LogP contribution in [0.4, 0.5) is 5.69 Å². The van der Waals surface area contributed by atoms with Crippen LogP contribution < -0.4 is 5.32 Å². The minimum absolute atomic E-state index is 0.266. The Morgan fingerprint density at radius 1 is 1.28 bits per heavy atom. The zero-order valence-corrected chi connectivity index (χ0v) is 15.0. The zero-order valence-electron chi connectivity index (χ0n) is 14.2. The summed E-state index contributed by atoms with van der Waals surface area (Å²) in [4.78, 5) is 17.1. The summed E-state index contributed by atoms with van der Waals surface area (Å²) in [6.45, 7) is 4.77. The van der Waals surface area contributed by atoms with E-state index in [-0.39, 0.29) is 5.91 Å². The summed E-state index contributed by atoms with van der Waals surface area (Å²) < 4.78 is 1.91. The lowest BCUT2D eigenvalue weighted by Gasteiger charge is -2.08. The first-order valence-electron chi connectivity index (χ1n) is 8.42. The largest absolute Gasteiger partial charge is 0.322 e. The highest BCUT2D eigenvalue weighted by molar-refractivity contribution is 6.39. The summed E-state index contributed by atoms with van der Waals surface area (Å²) >= 11 is 6.54.